The molecule has 0 fully saturated rings. The summed E-state index contributed by atoms with van der Waals surface area (Å²) in [4.78, 5) is 11.6. The largest absolute Gasteiger partial charge is 0.444 e. The van der Waals surface area contributed by atoms with Gasteiger partial charge in [-0.1, -0.05) is 30.3 Å². The molecule has 0 unspecified atom stereocenters. The maximum absolute atomic E-state index is 11.6. The summed E-state index contributed by atoms with van der Waals surface area (Å²) in [7, 11) is 0. The van der Waals surface area contributed by atoms with Gasteiger partial charge >= 0.3 is 6.09 Å². The molecule has 1 aromatic rings. The molecule has 0 heterocycles. The fourth-order valence-electron chi connectivity index (χ4n) is 1.42. The minimum Gasteiger partial charge on any atom is -0.444 e. The van der Waals surface area contributed by atoms with E-state index in [0.717, 1.165) is 0 Å². The summed E-state index contributed by atoms with van der Waals surface area (Å²) in [6.45, 7) is 5.21. The van der Waals surface area contributed by atoms with Gasteiger partial charge in [-0.25, -0.2) is 4.79 Å². The van der Waals surface area contributed by atoms with Gasteiger partial charge in [-0.3, -0.25) is 0 Å². The van der Waals surface area contributed by atoms with Crippen LogP contribution < -0.4 is 5.32 Å². The van der Waals surface area contributed by atoms with Gasteiger partial charge in [0.2, 0.25) is 0 Å². The molecular weight excluding hydrogens is 234 g/mol. The summed E-state index contributed by atoms with van der Waals surface area (Å²) in [5.74, 6) is 0. The van der Waals surface area contributed by atoms with E-state index >= 15 is 0 Å². The number of ether oxygens (including phenoxy) is 1. The van der Waals surface area contributed by atoms with Crippen molar-refractivity contribution in [2.75, 3.05) is 0 Å². The highest BCUT2D eigenvalue weighted by molar-refractivity contribution is 5.68. The Morgan fingerprint density at radius 3 is 2.22 bits per heavy atom. The van der Waals surface area contributed by atoms with Crippen molar-refractivity contribution in [2.45, 2.75) is 38.7 Å². The molecule has 18 heavy (non-hydrogen) atoms. The molecular formula is C13H19NO4. The van der Waals surface area contributed by atoms with Crippen LogP contribution in [0.3, 0.4) is 0 Å². The molecule has 1 rings (SSSR count). The fourth-order valence-corrected chi connectivity index (χ4v) is 1.42. The third-order valence-corrected chi connectivity index (χ3v) is 2.13. The van der Waals surface area contributed by atoms with Gasteiger partial charge in [0.1, 0.15) is 11.6 Å². The SMILES string of the molecule is CC(C)(C)OC(=O)N[C@@H](c1ccccc1)C(O)O. The second kappa shape index (κ2) is 5.84. The van der Waals surface area contributed by atoms with E-state index in [9.17, 15) is 15.0 Å². The zero-order chi connectivity index (χ0) is 13.8. The van der Waals surface area contributed by atoms with E-state index in [2.05, 4.69) is 5.32 Å². The molecule has 0 aliphatic rings. The third-order valence-electron chi connectivity index (χ3n) is 2.13. The first-order valence-electron chi connectivity index (χ1n) is 5.70. The normalized spacial score (nSPS) is 13.2. The van der Waals surface area contributed by atoms with Gasteiger partial charge in [-0.15, -0.1) is 0 Å². The van der Waals surface area contributed by atoms with Crippen molar-refractivity contribution in [3.05, 3.63) is 35.9 Å². The molecule has 0 saturated heterocycles. The van der Waals surface area contributed by atoms with E-state index in [-0.39, 0.29) is 0 Å². The van der Waals surface area contributed by atoms with Crippen molar-refractivity contribution in [2.24, 2.45) is 0 Å². The predicted molar refractivity (Wildman–Crippen MR) is 66.8 cm³/mol. The van der Waals surface area contributed by atoms with Gasteiger partial charge in [-0.2, -0.15) is 0 Å². The number of aliphatic hydroxyl groups is 2. The van der Waals surface area contributed by atoms with Crippen molar-refractivity contribution in [3.8, 4) is 0 Å². The van der Waals surface area contributed by atoms with E-state index in [4.69, 9.17) is 4.74 Å². The maximum Gasteiger partial charge on any atom is 0.408 e. The number of hydrogen-bond acceptors (Lipinski definition) is 4. The Hall–Kier alpha value is -1.59. The van der Waals surface area contributed by atoms with Crippen molar-refractivity contribution >= 4 is 6.09 Å². The molecule has 0 aliphatic heterocycles. The van der Waals surface area contributed by atoms with Crippen LogP contribution >= 0.6 is 0 Å². The van der Waals surface area contributed by atoms with Gasteiger partial charge in [-0.05, 0) is 26.3 Å². The number of alkyl carbamates (subject to hydrolysis) is 1. The predicted octanol–water partition coefficient (Wildman–Crippen LogP) is 1.56. The van der Waals surface area contributed by atoms with Crippen molar-refractivity contribution < 1.29 is 19.7 Å². The van der Waals surface area contributed by atoms with Crippen LogP contribution in [-0.2, 0) is 4.74 Å². The number of benzene rings is 1. The summed E-state index contributed by atoms with van der Waals surface area (Å²) in [5, 5.41) is 21.0. The van der Waals surface area contributed by atoms with E-state index in [1.165, 1.54) is 0 Å². The molecule has 1 atom stereocenters. The molecule has 5 heteroatoms. The lowest BCUT2D eigenvalue weighted by molar-refractivity contribution is -0.0693. The standard InChI is InChI=1S/C13H19NO4/c1-13(2,3)18-12(17)14-10(11(15)16)9-7-5-4-6-8-9/h4-8,10-11,15-16H,1-3H3,(H,14,17)/t10-/m0/s1. The molecule has 0 spiro atoms. The van der Waals surface area contributed by atoms with Crippen LogP contribution in [0.5, 0.6) is 0 Å². The van der Waals surface area contributed by atoms with Gasteiger partial charge in [0.05, 0.1) is 0 Å². The molecule has 0 aromatic heterocycles. The Morgan fingerprint density at radius 1 is 1.22 bits per heavy atom. The number of hydrogen-bond donors (Lipinski definition) is 3. The average Bonchev–Trinajstić information content (AvgIpc) is 2.24. The number of carbonyl (C=O) groups is 1. The molecule has 3 N–H and O–H groups in total. The van der Waals surface area contributed by atoms with Crippen LogP contribution in [0.25, 0.3) is 0 Å². The fraction of sp³-hybridized carbons (Fsp3) is 0.462. The first-order valence-corrected chi connectivity index (χ1v) is 5.70. The van der Waals surface area contributed by atoms with E-state index in [1.54, 1.807) is 51.1 Å². The Bertz CT molecular complexity index is 384. The third kappa shape index (κ3) is 4.73. The number of carbonyl (C=O) groups excluding carboxylic acids is 1. The minimum atomic E-state index is -1.69. The number of nitrogens with one attached hydrogen (secondary N) is 1. The summed E-state index contributed by atoms with van der Waals surface area (Å²) in [6, 6.07) is 7.78. The van der Waals surface area contributed by atoms with E-state index in [0.29, 0.717) is 5.56 Å². The van der Waals surface area contributed by atoms with E-state index < -0.39 is 24.0 Å². The maximum atomic E-state index is 11.6. The lowest BCUT2D eigenvalue weighted by Gasteiger charge is -2.24. The molecule has 1 aromatic carbocycles. The lowest BCUT2D eigenvalue weighted by atomic mass is 10.1. The van der Waals surface area contributed by atoms with E-state index in [1.807, 2.05) is 0 Å². The Labute approximate surface area is 106 Å². The molecule has 0 bridgehead atoms. The highest BCUT2D eigenvalue weighted by Crippen LogP contribution is 2.16. The molecule has 5 nitrogen and oxygen atoms in total. The van der Waals surface area contributed by atoms with Gasteiger partial charge in [0.15, 0.2) is 6.29 Å². The zero-order valence-electron chi connectivity index (χ0n) is 10.8. The quantitative estimate of drug-likeness (QED) is 0.714. The van der Waals surface area contributed by atoms with Crippen molar-refractivity contribution in [3.63, 3.8) is 0 Å². The highest BCUT2D eigenvalue weighted by Gasteiger charge is 2.24. The number of aliphatic hydroxyl groups excluding tert-OH is 1. The van der Waals surface area contributed by atoms with Crippen molar-refractivity contribution in [1.29, 1.82) is 0 Å². The van der Waals surface area contributed by atoms with Crippen molar-refractivity contribution in [1.82, 2.24) is 5.32 Å². The number of rotatable bonds is 3. The smallest absolute Gasteiger partial charge is 0.408 e. The first-order chi connectivity index (χ1) is 8.29. The Kier molecular flexibility index (Phi) is 4.69. The summed E-state index contributed by atoms with van der Waals surface area (Å²) >= 11 is 0. The lowest BCUT2D eigenvalue weighted by Crippen LogP contribution is -2.39. The molecule has 0 radical (unpaired) electrons. The van der Waals surface area contributed by atoms with Crippen LogP contribution in [0, 0.1) is 0 Å². The molecule has 100 valence electrons. The topological polar surface area (TPSA) is 78.8 Å². The summed E-state index contributed by atoms with van der Waals surface area (Å²) in [6.07, 6.45) is -2.38. The van der Waals surface area contributed by atoms with Crippen LogP contribution in [0.4, 0.5) is 4.79 Å². The van der Waals surface area contributed by atoms with Gasteiger partial charge in [0.25, 0.3) is 0 Å². The van der Waals surface area contributed by atoms with Crippen LogP contribution in [0.1, 0.15) is 32.4 Å². The molecule has 0 aliphatic carbocycles. The second-order valence-corrected chi connectivity index (χ2v) is 4.95. The Morgan fingerprint density at radius 2 is 1.78 bits per heavy atom. The van der Waals surface area contributed by atoms with Crippen LogP contribution in [-0.4, -0.2) is 28.2 Å². The van der Waals surface area contributed by atoms with Gasteiger partial charge in [0, 0.05) is 0 Å². The molecule has 1 amide bonds. The van der Waals surface area contributed by atoms with Crippen LogP contribution in [0.2, 0.25) is 0 Å². The van der Waals surface area contributed by atoms with Gasteiger partial charge < -0.3 is 20.3 Å². The molecule has 0 saturated carbocycles. The first kappa shape index (κ1) is 14.5. The van der Waals surface area contributed by atoms with Crippen LogP contribution in [0.15, 0.2) is 30.3 Å². The summed E-state index contributed by atoms with van der Waals surface area (Å²) in [5.41, 5.74) is -0.0375. The zero-order valence-corrected chi connectivity index (χ0v) is 10.8. The monoisotopic (exact) mass is 253 g/mol. The highest BCUT2D eigenvalue weighted by atomic mass is 16.6. The summed E-state index contributed by atoms with van der Waals surface area (Å²) < 4.78 is 5.07. The number of amides is 1. The second-order valence-electron chi connectivity index (χ2n) is 4.95. The Balaban J connectivity index is 2.74. The average molecular weight is 253 g/mol. The minimum absolute atomic E-state index is 0.596.